The minimum absolute atomic E-state index is 0.252. The number of anilines is 2. The van der Waals surface area contributed by atoms with Gasteiger partial charge in [0, 0.05) is 16.4 Å². The number of aryl methyl sites for hydroxylation is 1. The predicted octanol–water partition coefficient (Wildman–Crippen LogP) is 4.74. The summed E-state index contributed by atoms with van der Waals surface area (Å²) in [5, 5.41) is 6.06. The molecule has 0 radical (unpaired) electrons. The van der Waals surface area contributed by atoms with E-state index in [2.05, 4.69) is 24.5 Å². The maximum atomic E-state index is 12.2. The number of carbonyl (C=O) groups is 2. The Bertz CT molecular complexity index is 757. The number of nitrogens with one attached hydrogen (secondary N) is 2. The Balaban J connectivity index is 2.02. The van der Waals surface area contributed by atoms with E-state index < -0.39 is 0 Å². The molecule has 0 aliphatic heterocycles. The molecule has 2 aromatic carbocycles. The number of para-hydroxylation sites is 1. The maximum absolute atomic E-state index is 12.2. The van der Waals surface area contributed by atoms with E-state index in [4.69, 9.17) is 11.6 Å². The van der Waals surface area contributed by atoms with Crippen LogP contribution < -0.4 is 10.6 Å². The van der Waals surface area contributed by atoms with Crippen LogP contribution in [0.1, 0.15) is 37.3 Å². The van der Waals surface area contributed by atoms with E-state index in [1.54, 1.807) is 24.3 Å². The van der Waals surface area contributed by atoms with Crippen LogP contribution in [-0.4, -0.2) is 11.8 Å². The van der Waals surface area contributed by atoms with Gasteiger partial charge < -0.3 is 10.6 Å². The molecule has 126 valence electrons. The zero-order valence-electron chi connectivity index (χ0n) is 14.0. The molecule has 0 heterocycles. The Labute approximate surface area is 147 Å². The SMILES string of the molecule is Cc1cccc(C(C)C)c1NC(=O)CC(=O)Nc1cccc(Cl)c1. The Morgan fingerprint density at radius 2 is 1.71 bits per heavy atom. The summed E-state index contributed by atoms with van der Waals surface area (Å²) in [7, 11) is 0. The van der Waals surface area contributed by atoms with Gasteiger partial charge in [-0.15, -0.1) is 0 Å². The molecule has 0 bridgehead atoms. The first-order valence-corrected chi connectivity index (χ1v) is 8.19. The zero-order chi connectivity index (χ0) is 17.7. The lowest BCUT2D eigenvalue weighted by Gasteiger charge is -2.16. The van der Waals surface area contributed by atoms with Gasteiger partial charge in [0.2, 0.25) is 11.8 Å². The molecular weight excluding hydrogens is 324 g/mol. The second-order valence-corrected chi connectivity index (χ2v) is 6.41. The van der Waals surface area contributed by atoms with Crippen LogP contribution in [0, 0.1) is 6.92 Å². The van der Waals surface area contributed by atoms with Gasteiger partial charge in [-0.3, -0.25) is 9.59 Å². The molecule has 0 saturated heterocycles. The molecule has 2 rings (SSSR count). The summed E-state index contributed by atoms with van der Waals surface area (Å²) in [4.78, 5) is 24.2. The summed E-state index contributed by atoms with van der Waals surface area (Å²) in [6.45, 7) is 6.07. The van der Waals surface area contributed by atoms with Crippen molar-refractivity contribution in [2.75, 3.05) is 10.6 Å². The van der Waals surface area contributed by atoms with Crippen LogP contribution in [-0.2, 0) is 9.59 Å². The summed E-state index contributed by atoms with van der Waals surface area (Å²) >= 11 is 5.88. The zero-order valence-corrected chi connectivity index (χ0v) is 14.8. The lowest BCUT2D eigenvalue weighted by molar-refractivity contribution is -0.123. The lowest BCUT2D eigenvalue weighted by Crippen LogP contribution is -2.22. The van der Waals surface area contributed by atoms with Crippen molar-refractivity contribution in [2.45, 2.75) is 33.1 Å². The number of carbonyl (C=O) groups excluding carboxylic acids is 2. The van der Waals surface area contributed by atoms with E-state index in [0.717, 1.165) is 16.8 Å². The molecular formula is C19H21ClN2O2. The van der Waals surface area contributed by atoms with E-state index in [1.165, 1.54) is 0 Å². The highest BCUT2D eigenvalue weighted by Crippen LogP contribution is 2.27. The third kappa shape index (κ3) is 4.83. The van der Waals surface area contributed by atoms with Crippen LogP contribution in [0.5, 0.6) is 0 Å². The largest absolute Gasteiger partial charge is 0.326 e. The molecule has 4 nitrogen and oxygen atoms in total. The van der Waals surface area contributed by atoms with Gasteiger partial charge in [0.15, 0.2) is 0 Å². The minimum atomic E-state index is -0.380. The van der Waals surface area contributed by atoms with Crippen molar-refractivity contribution in [1.29, 1.82) is 0 Å². The monoisotopic (exact) mass is 344 g/mol. The van der Waals surface area contributed by atoms with E-state index in [9.17, 15) is 9.59 Å². The Morgan fingerprint density at radius 3 is 2.38 bits per heavy atom. The number of rotatable bonds is 5. The van der Waals surface area contributed by atoms with Gasteiger partial charge in [0.25, 0.3) is 0 Å². The third-order valence-corrected chi connectivity index (χ3v) is 3.86. The summed E-state index contributed by atoms with van der Waals surface area (Å²) in [5.41, 5.74) is 3.38. The van der Waals surface area contributed by atoms with Gasteiger partial charge >= 0.3 is 0 Å². The Hall–Kier alpha value is -2.33. The average molecular weight is 345 g/mol. The molecule has 2 aromatic rings. The number of hydrogen-bond donors (Lipinski definition) is 2. The highest BCUT2D eigenvalue weighted by molar-refractivity contribution is 6.30. The molecule has 5 heteroatoms. The van der Waals surface area contributed by atoms with Crippen LogP contribution in [0.4, 0.5) is 11.4 Å². The fraction of sp³-hybridized carbons (Fsp3) is 0.263. The molecule has 0 spiro atoms. The topological polar surface area (TPSA) is 58.2 Å². The van der Waals surface area contributed by atoms with E-state index in [0.29, 0.717) is 10.7 Å². The number of halogens is 1. The van der Waals surface area contributed by atoms with Gasteiger partial charge in [-0.05, 0) is 42.2 Å². The van der Waals surface area contributed by atoms with Crippen LogP contribution in [0.15, 0.2) is 42.5 Å². The Morgan fingerprint density at radius 1 is 1.04 bits per heavy atom. The highest BCUT2D eigenvalue weighted by atomic mass is 35.5. The quantitative estimate of drug-likeness (QED) is 0.770. The van der Waals surface area contributed by atoms with E-state index in [1.807, 2.05) is 25.1 Å². The van der Waals surface area contributed by atoms with Gasteiger partial charge in [-0.2, -0.15) is 0 Å². The molecule has 0 aliphatic carbocycles. The summed E-state index contributed by atoms with van der Waals surface area (Å²) in [5.74, 6) is -0.444. The first-order valence-electron chi connectivity index (χ1n) is 7.81. The van der Waals surface area contributed by atoms with Crippen LogP contribution >= 0.6 is 11.6 Å². The maximum Gasteiger partial charge on any atom is 0.233 e. The lowest BCUT2D eigenvalue weighted by atomic mass is 9.98. The molecule has 0 atom stereocenters. The number of amides is 2. The summed E-state index contributed by atoms with van der Waals surface area (Å²) < 4.78 is 0. The number of hydrogen-bond acceptors (Lipinski definition) is 2. The second kappa shape index (κ2) is 7.97. The molecule has 2 N–H and O–H groups in total. The molecule has 0 saturated carbocycles. The van der Waals surface area contributed by atoms with Crippen molar-refractivity contribution in [3.05, 3.63) is 58.6 Å². The standard InChI is InChI=1S/C19H21ClN2O2/c1-12(2)16-9-4-6-13(3)19(16)22-18(24)11-17(23)21-15-8-5-7-14(20)10-15/h4-10,12H,11H2,1-3H3,(H,21,23)(H,22,24). The van der Waals surface area contributed by atoms with Crippen LogP contribution in [0.3, 0.4) is 0 Å². The summed E-state index contributed by atoms with van der Waals surface area (Å²) in [6, 6.07) is 12.7. The molecule has 2 amide bonds. The first-order chi connectivity index (χ1) is 11.4. The smallest absolute Gasteiger partial charge is 0.233 e. The third-order valence-electron chi connectivity index (χ3n) is 3.62. The van der Waals surface area contributed by atoms with Crippen molar-refractivity contribution in [3.8, 4) is 0 Å². The van der Waals surface area contributed by atoms with E-state index >= 15 is 0 Å². The van der Waals surface area contributed by atoms with Crippen molar-refractivity contribution in [1.82, 2.24) is 0 Å². The molecule has 0 aromatic heterocycles. The predicted molar refractivity (Wildman–Crippen MR) is 98.6 cm³/mol. The van der Waals surface area contributed by atoms with Crippen LogP contribution in [0.2, 0.25) is 5.02 Å². The van der Waals surface area contributed by atoms with Gasteiger partial charge in [0.05, 0.1) is 0 Å². The van der Waals surface area contributed by atoms with Crippen molar-refractivity contribution in [3.63, 3.8) is 0 Å². The summed E-state index contributed by atoms with van der Waals surface area (Å²) in [6.07, 6.45) is -0.252. The van der Waals surface area contributed by atoms with Gasteiger partial charge in [-0.1, -0.05) is 49.7 Å². The van der Waals surface area contributed by atoms with Gasteiger partial charge in [0.1, 0.15) is 6.42 Å². The Kier molecular flexibility index (Phi) is 5.99. The molecule has 0 aliphatic rings. The molecule has 0 unspecified atom stereocenters. The fourth-order valence-corrected chi connectivity index (χ4v) is 2.63. The normalized spacial score (nSPS) is 10.5. The first kappa shape index (κ1) is 18.0. The molecule has 0 fully saturated rings. The van der Waals surface area contributed by atoms with Crippen molar-refractivity contribution >= 4 is 34.8 Å². The van der Waals surface area contributed by atoms with Gasteiger partial charge in [-0.25, -0.2) is 0 Å². The number of benzene rings is 2. The average Bonchev–Trinajstić information content (AvgIpc) is 2.48. The highest BCUT2D eigenvalue weighted by Gasteiger charge is 2.15. The van der Waals surface area contributed by atoms with Crippen molar-refractivity contribution in [2.24, 2.45) is 0 Å². The fourth-order valence-electron chi connectivity index (χ4n) is 2.44. The van der Waals surface area contributed by atoms with Crippen LogP contribution in [0.25, 0.3) is 0 Å². The second-order valence-electron chi connectivity index (χ2n) is 5.98. The molecule has 24 heavy (non-hydrogen) atoms. The van der Waals surface area contributed by atoms with E-state index in [-0.39, 0.29) is 24.2 Å². The minimum Gasteiger partial charge on any atom is -0.326 e. The van der Waals surface area contributed by atoms with Crippen molar-refractivity contribution < 1.29 is 9.59 Å².